The van der Waals surface area contributed by atoms with E-state index in [1.54, 1.807) is 0 Å². The second kappa shape index (κ2) is 12.3. The number of nitrogens with zero attached hydrogens (tertiary/aromatic N) is 3. The van der Waals surface area contributed by atoms with Gasteiger partial charge in [-0.3, -0.25) is 0 Å². The molecule has 6 nitrogen and oxygen atoms in total. The molecule has 4 aromatic carbocycles. The minimum atomic E-state index is -0.230. The fourth-order valence-electron chi connectivity index (χ4n) is 7.61. The average molecular weight is 719 g/mol. The fraction of sp³-hybridized carbons (Fsp3) is 0.163. The highest BCUT2D eigenvalue weighted by atomic mass is 16.3. The summed E-state index contributed by atoms with van der Waals surface area (Å²) >= 11 is 0. The Hall–Kier alpha value is -6.53. The smallest absolute Gasteiger partial charge is 0.134 e. The molecule has 0 saturated carbocycles. The van der Waals surface area contributed by atoms with Crippen LogP contribution >= 0.6 is 0 Å². The Labute approximate surface area is 319 Å². The highest BCUT2D eigenvalue weighted by Crippen LogP contribution is 2.40. The molecule has 8 aromatic rings. The maximum atomic E-state index is 12.2. The minimum Gasteiger partial charge on any atom is -0.507 e. The second-order valence-electron chi connectivity index (χ2n) is 16.6. The van der Waals surface area contributed by atoms with Gasteiger partial charge in [-0.1, -0.05) is 96.7 Å². The summed E-state index contributed by atoms with van der Waals surface area (Å²) in [7, 11) is 0. The topological polar surface area (TPSA) is 94.9 Å². The summed E-state index contributed by atoms with van der Waals surface area (Å²) in [4.78, 5) is 19.4. The number of pyridine rings is 2. The van der Waals surface area contributed by atoms with Gasteiger partial charge < -0.3 is 15.2 Å². The first-order valence-electron chi connectivity index (χ1n) is 18.7. The van der Waals surface area contributed by atoms with Crippen molar-refractivity contribution in [3.05, 3.63) is 132 Å². The van der Waals surface area contributed by atoms with Crippen LogP contribution in [-0.2, 0) is 10.8 Å². The summed E-state index contributed by atoms with van der Waals surface area (Å²) in [5.74, 6) is 0.254. The van der Waals surface area contributed by atoms with Gasteiger partial charge >= 0.3 is 0 Å². The first-order chi connectivity index (χ1) is 26.3. The molecule has 4 aromatic heterocycles. The highest BCUT2D eigenvalue weighted by molar-refractivity contribution is 6.08. The van der Waals surface area contributed by atoms with Crippen molar-refractivity contribution < 1.29 is 10.2 Å². The summed E-state index contributed by atoms with van der Waals surface area (Å²) in [5.41, 5.74) is 10.2. The maximum absolute atomic E-state index is 12.2. The zero-order valence-corrected chi connectivity index (χ0v) is 31.9. The summed E-state index contributed by atoms with van der Waals surface area (Å²) in [5, 5.41) is 28.8. The van der Waals surface area contributed by atoms with Crippen molar-refractivity contribution in [1.82, 2.24) is 19.9 Å². The van der Waals surface area contributed by atoms with Crippen molar-refractivity contribution >= 4 is 83.6 Å². The van der Waals surface area contributed by atoms with E-state index in [2.05, 4.69) is 89.5 Å². The van der Waals surface area contributed by atoms with Gasteiger partial charge in [0.25, 0.3) is 0 Å². The molecular weight excluding hydrogens is 677 g/mol. The molecular formula is C49H42N4O2. The van der Waals surface area contributed by atoms with Gasteiger partial charge in [-0.25, -0.2) is 15.0 Å². The Morgan fingerprint density at radius 3 is 1.69 bits per heavy atom. The number of benzene rings is 4. The van der Waals surface area contributed by atoms with Gasteiger partial charge in [-0.15, -0.1) is 0 Å². The molecule has 1 aliphatic rings. The number of rotatable bonds is 2. The standard InChI is InChI=1S/C49H42N4O2/c1-8-27-10-9-11-30(22-27)43-41-20-18-37(50-41)33-23-31(48(2,3)4)25-35(46(33)54)39-16-14-28-12-13-29-15-17-40(53-45(29)44(28)52-39)36-26-32(49(5,6)7)24-34(47(36)55)38-19-21-42(43)51-38/h8-26,50,54-55H,1H2,2-7H3. The molecule has 6 heteroatoms. The predicted molar refractivity (Wildman–Crippen MR) is 231 cm³/mol. The minimum absolute atomic E-state index is 0.115. The van der Waals surface area contributed by atoms with Crippen molar-refractivity contribution in [2.45, 2.75) is 52.4 Å². The van der Waals surface area contributed by atoms with Crippen LogP contribution in [0.25, 0.3) is 94.8 Å². The molecule has 270 valence electrons. The van der Waals surface area contributed by atoms with Crippen molar-refractivity contribution in [1.29, 1.82) is 0 Å². The molecule has 0 unspecified atom stereocenters. The van der Waals surface area contributed by atoms with E-state index >= 15 is 0 Å². The van der Waals surface area contributed by atoms with Crippen LogP contribution in [0.4, 0.5) is 0 Å². The van der Waals surface area contributed by atoms with Crippen LogP contribution in [0.5, 0.6) is 11.5 Å². The van der Waals surface area contributed by atoms with E-state index in [9.17, 15) is 10.2 Å². The number of fused-ring (bicyclic) bond motifs is 14. The Bertz CT molecular complexity index is 3100. The number of aromatic nitrogens is 4. The molecule has 1 aliphatic heterocycles. The third kappa shape index (κ3) is 5.77. The first kappa shape index (κ1) is 34.3. The predicted octanol–water partition coefficient (Wildman–Crippen LogP) is 12.6. The van der Waals surface area contributed by atoms with E-state index in [0.29, 0.717) is 49.3 Å². The molecule has 12 bridgehead atoms. The number of aromatic hydroxyl groups is 2. The van der Waals surface area contributed by atoms with Gasteiger partial charge in [0.05, 0.1) is 33.5 Å². The molecule has 3 N–H and O–H groups in total. The number of H-pyrrole nitrogens is 1. The monoisotopic (exact) mass is 718 g/mol. The number of hydrogen-bond donors (Lipinski definition) is 3. The van der Waals surface area contributed by atoms with E-state index in [0.717, 1.165) is 55.3 Å². The van der Waals surface area contributed by atoms with Crippen LogP contribution in [0.15, 0.2) is 104 Å². The third-order valence-electron chi connectivity index (χ3n) is 10.9. The van der Waals surface area contributed by atoms with Crippen LogP contribution in [0.3, 0.4) is 0 Å². The van der Waals surface area contributed by atoms with Crippen LogP contribution in [0, 0.1) is 0 Å². The maximum Gasteiger partial charge on any atom is 0.134 e. The van der Waals surface area contributed by atoms with Crippen molar-refractivity contribution in [2.24, 2.45) is 0 Å². The van der Waals surface area contributed by atoms with Gasteiger partial charge in [0.15, 0.2) is 0 Å². The molecule has 9 rings (SSSR count). The zero-order chi connectivity index (χ0) is 38.4. The van der Waals surface area contributed by atoms with E-state index in [1.807, 2.05) is 78.9 Å². The number of hydrogen-bond acceptors (Lipinski definition) is 5. The number of phenolic OH excluding ortho intramolecular Hbond substituents is 2. The van der Waals surface area contributed by atoms with Gasteiger partial charge in [0, 0.05) is 48.9 Å². The Morgan fingerprint density at radius 1 is 0.564 bits per heavy atom. The Morgan fingerprint density at radius 2 is 1.09 bits per heavy atom. The van der Waals surface area contributed by atoms with Crippen LogP contribution in [0.2, 0.25) is 0 Å². The molecule has 0 aliphatic carbocycles. The molecule has 0 radical (unpaired) electrons. The quantitative estimate of drug-likeness (QED) is 0.155. The van der Waals surface area contributed by atoms with E-state index < -0.39 is 0 Å². The normalized spacial score (nSPS) is 12.7. The van der Waals surface area contributed by atoms with Gasteiger partial charge in [0.2, 0.25) is 0 Å². The number of nitrogens with one attached hydrogen (secondary N) is 1. The van der Waals surface area contributed by atoms with Gasteiger partial charge in [0.1, 0.15) is 11.5 Å². The summed E-state index contributed by atoms with van der Waals surface area (Å²) in [6.07, 6.45) is 5.81. The lowest BCUT2D eigenvalue weighted by Gasteiger charge is -2.20. The molecule has 55 heavy (non-hydrogen) atoms. The van der Waals surface area contributed by atoms with Crippen LogP contribution in [0.1, 0.15) is 69.6 Å². The van der Waals surface area contributed by atoms with E-state index in [1.165, 1.54) is 0 Å². The molecule has 0 spiro atoms. The Kier molecular flexibility index (Phi) is 7.63. The SMILES string of the molecule is C=Cc1cccc(-c2c3nc(c4cc(C(C)(C)C)cc(c4O)c4ccc5ccc6ccc(nc6c5n4)c4cc(C(C)(C)C)cc(c4O)c4ccc2[nH]4)C=C3)c1. The average Bonchev–Trinajstić information content (AvgIpc) is 3.84. The van der Waals surface area contributed by atoms with Crippen LogP contribution < -0.4 is 0 Å². The summed E-state index contributed by atoms with van der Waals surface area (Å²) in [6, 6.07) is 32.6. The first-order valence-corrected chi connectivity index (χ1v) is 18.7. The van der Waals surface area contributed by atoms with Gasteiger partial charge in [-0.2, -0.15) is 0 Å². The van der Waals surface area contributed by atoms with Crippen molar-refractivity contribution in [3.63, 3.8) is 0 Å². The lowest BCUT2D eigenvalue weighted by Crippen LogP contribution is -2.10. The lowest BCUT2D eigenvalue weighted by molar-refractivity contribution is 0.486. The molecule has 0 amide bonds. The lowest BCUT2D eigenvalue weighted by atomic mass is 9.85. The van der Waals surface area contributed by atoms with Crippen LogP contribution in [-0.4, -0.2) is 30.1 Å². The van der Waals surface area contributed by atoms with Crippen molar-refractivity contribution in [3.8, 4) is 22.6 Å². The highest BCUT2D eigenvalue weighted by Gasteiger charge is 2.21. The van der Waals surface area contributed by atoms with E-state index in [4.69, 9.17) is 15.0 Å². The number of phenols is 2. The van der Waals surface area contributed by atoms with Crippen molar-refractivity contribution in [2.75, 3.05) is 0 Å². The third-order valence-corrected chi connectivity index (χ3v) is 10.9. The number of aromatic amines is 1. The molecule has 0 atom stereocenters. The van der Waals surface area contributed by atoms with Gasteiger partial charge in [-0.05, 0) is 99.8 Å². The molecule has 0 saturated heterocycles. The molecule has 0 fully saturated rings. The fourth-order valence-corrected chi connectivity index (χ4v) is 7.61. The largest absolute Gasteiger partial charge is 0.507 e. The zero-order valence-electron chi connectivity index (χ0n) is 31.9. The summed E-state index contributed by atoms with van der Waals surface area (Å²) < 4.78 is 0. The molecule has 5 heterocycles. The summed E-state index contributed by atoms with van der Waals surface area (Å²) in [6.45, 7) is 17.0. The second-order valence-corrected chi connectivity index (χ2v) is 16.6. The van der Waals surface area contributed by atoms with E-state index in [-0.39, 0.29) is 22.3 Å². The Balaban J connectivity index is 1.55.